The van der Waals surface area contributed by atoms with Crippen LogP contribution in [0.5, 0.6) is 5.75 Å². The van der Waals surface area contributed by atoms with E-state index in [1.807, 2.05) is 48.5 Å². The molecule has 0 aliphatic rings. The fourth-order valence-corrected chi connectivity index (χ4v) is 3.26. The van der Waals surface area contributed by atoms with Gasteiger partial charge in [0.15, 0.2) is 0 Å². The number of fused-ring (bicyclic) bond motifs is 1. The molecule has 0 saturated carbocycles. The molecule has 0 bridgehead atoms. The van der Waals surface area contributed by atoms with Crippen molar-refractivity contribution in [2.24, 2.45) is 0 Å². The molecule has 4 rings (SSSR count). The van der Waals surface area contributed by atoms with Gasteiger partial charge in [0.1, 0.15) is 12.4 Å². The first-order valence-corrected chi connectivity index (χ1v) is 9.36. The third kappa shape index (κ3) is 4.52. The largest absolute Gasteiger partial charge is 0.489 e. The average molecular weight is 384 g/mol. The van der Waals surface area contributed by atoms with E-state index < -0.39 is 4.92 Å². The fraction of sp³-hybridized carbons (Fsp3) is 0.0833. The highest BCUT2D eigenvalue weighted by Crippen LogP contribution is 2.22. The SMILES string of the molecule is O=[N+]([O-])c1cccc(NCc2cccc(OCc3cccc4ccccc34)c2)c1. The third-order valence-electron chi connectivity index (χ3n) is 4.73. The Balaban J connectivity index is 1.42. The lowest BCUT2D eigenvalue weighted by atomic mass is 10.1. The summed E-state index contributed by atoms with van der Waals surface area (Å²) in [6.45, 7) is 1.04. The zero-order valence-corrected chi connectivity index (χ0v) is 15.7. The Labute approximate surface area is 168 Å². The molecule has 0 aliphatic carbocycles. The summed E-state index contributed by atoms with van der Waals surface area (Å²) >= 11 is 0. The molecule has 29 heavy (non-hydrogen) atoms. The Hall–Kier alpha value is -3.86. The van der Waals surface area contributed by atoms with Crippen LogP contribution in [0.15, 0.2) is 91.0 Å². The average Bonchev–Trinajstić information content (AvgIpc) is 2.77. The Morgan fingerprint density at radius 2 is 1.66 bits per heavy atom. The van der Waals surface area contributed by atoms with E-state index in [4.69, 9.17) is 4.74 Å². The zero-order chi connectivity index (χ0) is 20.1. The second-order valence-electron chi connectivity index (χ2n) is 6.74. The molecule has 4 aromatic carbocycles. The van der Waals surface area contributed by atoms with Crippen LogP contribution < -0.4 is 10.1 Å². The van der Waals surface area contributed by atoms with Crippen molar-refractivity contribution in [3.8, 4) is 5.75 Å². The van der Waals surface area contributed by atoms with Crippen molar-refractivity contribution >= 4 is 22.1 Å². The van der Waals surface area contributed by atoms with Gasteiger partial charge in [-0.25, -0.2) is 0 Å². The maximum atomic E-state index is 10.9. The Morgan fingerprint density at radius 3 is 2.55 bits per heavy atom. The molecular formula is C24H20N2O3. The van der Waals surface area contributed by atoms with Crippen LogP contribution in [0.3, 0.4) is 0 Å². The number of anilines is 1. The van der Waals surface area contributed by atoms with Crippen molar-refractivity contribution in [2.75, 3.05) is 5.32 Å². The number of non-ortho nitro benzene ring substituents is 1. The highest BCUT2D eigenvalue weighted by Gasteiger charge is 2.06. The van der Waals surface area contributed by atoms with Gasteiger partial charge in [-0.15, -0.1) is 0 Å². The predicted octanol–water partition coefficient (Wildman–Crippen LogP) is 5.94. The Kier molecular flexibility index (Phi) is 5.38. The van der Waals surface area contributed by atoms with Gasteiger partial charge in [-0.2, -0.15) is 0 Å². The van der Waals surface area contributed by atoms with Gasteiger partial charge in [0.2, 0.25) is 0 Å². The van der Waals surface area contributed by atoms with E-state index in [1.165, 1.54) is 22.9 Å². The van der Waals surface area contributed by atoms with E-state index in [0.717, 1.165) is 16.9 Å². The summed E-state index contributed by atoms with van der Waals surface area (Å²) in [5.41, 5.74) is 2.96. The summed E-state index contributed by atoms with van der Waals surface area (Å²) in [7, 11) is 0. The van der Waals surface area contributed by atoms with Crippen LogP contribution in [-0.2, 0) is 13.2 Å². The summed E-state index contributed by atoms with van der Waals surface area (Å²) in [4.78, 5) is 10.5. The lowest BCUT2D eigenvalue weighted by Crippen LogP contribution is -2.01. The van der Waals surface area contributed by atoms with Gasteiger partial charge in [-0.05, 0) is 40.1 Å². The molecule has 0 atom stereocenters. The monoisotopic (exact) mass is 384 g/mol. The van der Waals surface area contributed by atoms with Crippen molar-refractivity contribution in [2.45, 2.75) is 13.2 Å². The molecule has 0 saturated heterocycles. The number of hydrogen-bond donors (Lipinski definition) is 1. The van der Waals surface area contributed by atoms with E-state index in [0.29, 0.717) is 18.8 Å². The summed E-state index contributed by atoms with van der Waals surface area (Å²) in [6, 6.07) is 28.8. The van der Waals surface area contributed by atoms with Crippen LogP contribution in [0.2, 0.25) is 0 Å². The molecule has 0 aromatic heterocycles. The summed E-state index contributed by atoms with van der Waals surface area (Å²) in [6.07, 6.45) is 0. The molecule has 144 valence electrons. The van der Waals surface area contributed by atoms with Crippen molar-refractivity contribution in [1.29, 1.82) is 0 Å². The van der Waals surface area contributed by atoms with Gasteiger partial charge >= 0.3 is 0 Å². The summed E-state index contributed by atoms with van der Waals surface area (Å²) < 4.78 is 6.03. The van der Waals surface area contributed by atoms with Crippen molar-refractivity contribution < 1.29 is 9.66 Å². The standard InChI is InChI=1S/C24H20N2O3/c27-26(28)22-11-5-10-21(15-22)25-16-18-6-3-12-23(14-18)29-17-20-9-4-8-19-7-1-2-13-24(19)20/h1-15,25H,16-17H2. The lowest BCUT2D eigenvalue weighted by molar-refractivity contribution is -0.384. The summed E-state index contributed by atoms with van der Waals surface area (Å²) in [5.74, 6) is 0.788. The second-order valence-corrected chi connectivity index (χ2v) is 6.74. The Bertz CT molecular complexity index is 1150. The molecule has 0 aliphatic heterocycles. The first kappa shape index (κ1) is 18.5. The predicted molar refractivity (Wildman–Crippen MR) is 115 cm³/mol. The minimum absolute atomic E-state index is 0.0715. The van der Waals surface area contributed by atoms with Crippen molar-refractivity contribution in [3.63, 3.8) is 0 Å². The van der Waals surface area contributed by atoms with Crippen LogP contribution in [0.25, 0.3) is 10.8 Å². The summed E-state index contributed by atoms with van der Waals surface area (Å²) in [5, 5.41) is 16.5. The van der Waals surface area contributed by atoms with Crippen LogP contribution >= 0.6 is 0 Å². The topological polar surface area (TPSA) is 64.4 Å². The van der Waals surface area contributed by atoms with Crippen LogP contribution in [0, 0.1) is 10.1 Å². The van der Waals surface area contributed by atoms with Crippen LogP contribution in [0.4, 0.5) is 11.4 Å². The van der Waals surface area contributed by atoms with Crippen molar-refractivity contribution in [1.82, 2.24) is 0 Å². The molecule has 0 unspecified atom stereocenters. The minimum atomic E-state index is -0.396. The number of nitro groups is 1. The Morgan fingerprint density at radius 1 is 0.862 bits per heavy atom. The molecule has 0 fully saturated rings. The lowest BCUT2D eigenvalue weighted by Gasteiger charge is -2.11. The molecular weight excluding hydrogens is 364 g/mol. The van der Waals surface area contributed by atoms with Gasteiger partial charge in [-0.1, -0.05) is 60.7 Å². The normalized spacial score (nSPS) is 10.6. The van der Waals surface area contributed by atoms with Gasteiger partial charge in [0.25, 0.3) is 5.69 Å². The molecule has 0 spiro atoms. The highest BCUT2D eigenvalue weighted by molar-refractivity contribution is 5.85. The van der Waals surface area contributed by atoms with E-state index in [9.17, 15) is 10.1 Å². The first-order chi connectivity index (χ1) is 14.2. The number of nitro benzene ring substituents is 1. The van der Waals surface area contributed by atoms with Crippen LogP contribution in [0.1, 0.15) is 11.1 Å². The number of benzene rings is 4. The molecule has 5 heteroatoms. The highest BCUT2D eigenvalue weighted by atomic mass is 16.6. The van der Waals surface area contributed by atoms with E-state index in [-0.39, 0.29) is 5.69 Å². The van der Waals surface area contributed by atoms with E-state index >= 15 is 0 Å². The number of nitrogens with zero attached hydrogens (tertiary/aromatic N) is 1. The van der Waals surface area contributed by atoms with Gasteiger partial charge in [0.05, 0.1) is 4.92 Å². The molecule has 0 amide bonds. The maximum absolute atomic E-state index is 10.9. The molecule has 1 N–H and O–H groups in total. The smallest absolute Gasteiger partial charge is 0.271 e. The second kappa shape index (κ2) is 8.44. The molecule has 0 radical (unpaired) electrons. The quantitative estimate of drug-likeness (QED) is 0.316. The first-order valence-electron chi connectivity index (χ1n) is 9.36. The molecule has 0 heterocycles. The number of nitrogens with one attached hydrogen (secondary N) is 1. The van der Waals surface area contributed by atoms with Gasteiger partial charge in [0, 0.05) is 24.4 Å². The number of rotatable bonds is 7. The third-order valence-corrected chi connectivity index (χ3v) is 4.73. The zero-order valence-electron chi connectivity index (χ0n) is 15.7. The minimum Gasteiger partial charge on any atom is -0.489 e. The molecule has 5 nitrogen and oxygen atoms in total. The number of hydrogen-bond acceptors (Lipinski definition) is 4. The number of ether oxygens (including phenoxy) is 1. The van der Waals surface area contributed by atoms with Crippen LogP contribution in [-0.4, -0.2) is 4.92 Å². The van der Waals surface area contributed by atoms with Gasteiger partial charge in [-0.3, -0.25) is 10.1 Å². The molecule has 4 aromatic rings. The fourth-order valence-electron chi connectivity index (χ4n) is 3.26. The van der Waals surface area contributed by atoms with Crippen molar-refractivity contribution in [3.05, 3.63) is 112 Å². The van der Waals surface area contributed by atoms with E-state index in [1.54, 1.807) is 6.07 Å². The maximum Gasteiger partial charge on any atom is 0.271 e. The van der Waals surface area contributed by atoms with Gasteiger partial charge < -0.3 is 10.1 Å². The van der Waals surface area contributed by atoms with E-state index in [2.05, 4.69) is 29.6 Å².